The van der Waals surface area contributed by atoms with Gasteiger partial charge < -0.3 is 30.2 Å². The molecule has 2 aliphatic rings. The van der Waals surface area contributed by atoms with E-state index < -0.39 is 12.1 Å². The number of imidazole rings is 2. The summed E-state index contributed by atoms with van der Waals surface area (Å²) in [4.78, 5) is 62.6. The largest absolute Gasteiger partial charge is 0.465 e. The third-order valence-electron chi connectivity index (χ3n) is 10.4. The molecule has 4 N–H and O–H groups in total. The molecule has 2 fully saturated rings. The van der Waals surface area contributed by atoms with Crippen molar-refractivity contribution in [2.24, 2.45) is 0 Å². The Kier molecular flexibility index (Phi) is 9.71. The molecule has 3 aromatic heterocycles. The zero-order valence-electron chi connectivity index (χ0n) is 29.6. The summed E-state index contributed by atoms with van der Waals surface area (Å²) < 4.78 is 0. The first kappa shape index (κ1) is 34.5. The number of likely N-dealkylation sites (tertiary alicyclic amines) is 2. The number of pyridine rings is 1. The van der Waals surface area contributed by atoms with E-state index in [1.165, 1.54) is 0 Å². The predicted molar refractivity (Wildman–Crippen MR) is 203 cm³/mol. The minimum atomic E-state index is -1.25. The zero-order chi connectivity index (χ0) is 37.0. The van der Waals surface area contributed by atoms with E-state index >= 15 is 0 Å². The molecule has 0 saturated carbocycles. The highest BCUT2D eigenvalue weighted by Crippen LogP contribution is 2.35. The van der Waals surface area contributed by atoms with Gasteiger partial charge in [-0.05, 0) is 65.6 Å². The van der Waals surface area contributed by atoms with Crippen LogP contribution in [0.25, 0.3) is 33.6 Å². The average Bonchev–Trinajstić information content (AvgIpc) is 4.04. The van der Waals surface area contributed by atoms with Crippen molar-refractivity contribution in [2.75, 3.05) is 13.1 Å². The first-order valence-electron chi connectivity index (χ1n) is 18.3. The Balaban J connectivity index is 0.921. The molecule has 2 aliphatic heterocycles. The van der Waals surface area contributed by atoms with Crippen LogP contribution in [0.1, 0.15) is 66.7 Å². The lowest BCUT2D eigenvalue weighted by Gasteiger charge is -2.28. The molecule has 3 aromatic carbocycles. The number of carbonyl (C=O) groups excluding carboxylic acids is 2. The van der Waals surface area contributed by atoms with Crippen molar-refractivity contribution in [2.45, 2.75) is 50.2 Å². The van der Waals surface area contributed by atoms with Crippen molar-refractivity contribution in [3.05, 3.63) is 139 Å². The zero-order valence-corrected chi connectivity index (χ0v) is 29.6. The maximum absolute atomic E-state index is 13.7. The molecule has 0 spiro atoms. The van der Waals surface area contributed by atoms with Gasteiger partial charge in [-0.2, -0.15) is 0 Å². The number of nitrogens with zero attached hydrogens (tertiary/aromatic N) is 5. The fourth-order valence-corrected chi connectivity index (χ4v) is 7.64. The smallest absolute Gasteiger partial charge is 0.405 e. The first-order chi connectivity index (χ1) is 26.4. The van der Waals surface area contributed by atoms with Crippen LogP contribution in [0.5, 0.6) is 0 Å². The summed E-state index contributed by atoms with van der Waals surface area (Å²) in [6.07, 6.45) is 7.70. The first-order valence-corrected chi connectivity index (χ1v) is 18.3. The van der Waals surface area contributed by atoms with Gasteiger partial charge in [0.15, 0.2) is 0 Å². The highest BCUT2D eigenvalue weighted by Gasteiger charge is 2.37. The molecule has 2 saturated heterocycles. The van der Waals surface area contributed by atoms with Crippen molar-refractivity contribution in [3.8, 4) is 33.6 Å². The number of aromatic nitrogens is 5. The van der Waals surface area contributed by atoms with E-state index in [1.54, 1.807) is 41.6 Å². The summed E-state index contributed by atoms with van der Waals surface area (Å²) in [7, 11) is 0. The maximum atomic E-state index is 13.7. The van der Waals surface area contributed by atoms with Crippen LogP contribution >= 0.6 is 0 Å². The average molecular weight is 721 g/mol. The molecule has 272 valence electrons. The van der Waals surface area contributed by atoms with E-state index in [-0.39, 0.29) is 30.3 Å². The molecule has 6 aromatic rings. The fourth-order valence-electron chi connectivity index (χ4n) is 7.64. The van der Waals surface area contributed by atoms with Crippen LogP contribution < -0.4 is 5.32 Å². The quantitative estimate of drug-likeness (QED) is 0.117. The maximum Gasteiger partial charge on any atom is 0.405 e. The van der Waals surface area contributed by atoms with Crippen molar-refractivity contribution >= 4 is 17.9 Å². The van der Waals surface area contributed by atoms with Crippen LogP contribution in [-0.2, 0) is 16.0 Å². The summed E-state index contributed by atoms with van der Waals surface area (Å²) in [6.45, 7) is 1.23. The Bertz CT molecular complexity index is 2240. The van der Waals surface area contributed by atoms with Gasteiger partial charge in [-0.3, -0.25) is 14.6 Å². The lowest BCUT2D eigenvalue weighted by molar-refractivity contribution is -0.134. The number of nitrogens with one attached hydrogen (secondary N) is 3. The molecular weight excluding hydrogens is 681 g/mol. The van der Waals surface area contributed by atoms with E-state index in [0.717, 1.165) is 70.8 Å². The Hall–Kier alpha value is -6.56. The van der Waals surface area contributed by atoms with Gasteiger partial charge in [-0.15, -0.1) is 0 Å². The fraction of sp³-hybridized carbons (Fsp3) is 0.238. The second-order valence-corrected chi connectivity index (χ2v) is 13.7. The van der Waals surface area contributed by atoms with Crippen LogP contribution in [0, 0.1) is 0 Å². The minimum absolute atomic E-state index is 0.0643. The lowest BCUT2D eigenvalue weighted by atomic mass is 10.0. The number of hydrogen-bond acceptors (Lipinski definition) is 6. The van der Waals surface area contributed by atoms with Gasteiger partial charge in [0.25, 0.3) is 5.91 Å². The number of benzene rings is 3. The lowest BCUT2D eigenvalue weighted by Crippen LogP contribution is -2.42. The van der Waals surface area contributed by atoms with Gasteiger partial charge in [0, 0.05) is 25.0 Å². The topological polar surface area (TPSA) is 160 Å². The van der Waals surface area contributed by atoms with Crippen LogP contribution in [0.4, 0.5) is 4.79 Å². The molecule has 0 aliphatic carbocycles. The van der Waals surface area contributed by atoms with Gasteiger partial charge >= 0.3 is 6.09 Å². The monoisotopic (exact) mass is 720 g/mol. The molecule has 0 unspecified atom stereocenters. The van der Waals surface area contributed by atoms with Crippen molar-refractivity contribution in [3.63, 3.8) is 0 Å². The summed E-state index contributed by atoms with van der Waals surface area (Å²) in [5.74, 6) is 1.25. The molecular formula is C42H40N8O4. The van der Waals surface area contributed by atoms with Gasteiger partial charge in [0.05, 0.1) is 42.3 Å². The highest BCUT2D eigenvalue weighted by molar-refractivity contribution is 5.87. The van der Waals surface area contributed by atoms with Gasteiger partial charge in [-0.1, -0.05) is 84.9 Å². The Morgan fingerprint density at radius 1 is 0.685 bits per heavy atom. The van der Waals surface area contributed by atoms with E-state index in [4.69, 9.17) is 0 Å². The third-order valence-corrected chi connectivity index (χ3v) is 10.4. The summed E-state index contributed by atoms with van der Waals surface area (Å²) >= 11 is 0. The van der Waals surface area contributed by atoms with Crippen LogP contribution in [0.15, 0.2) is 116 Å². The molecule has 3 atom stereocenters. The molecule has 3 amide bonds. The molecule has 0 bridgehead atoms. The number of aromatic amines is 2. The van der Waals surface area contributed by atoms with Crippen LogP contribution in [0.3, 0.4) is 0 Å². The second kappa shape index (κ2) is 15.2. The number of carboxylic acid groups (broad SMARTS) is 1. The van der Waals surface area contributed by atoms with Crippen LogP contribution in [0.2, 0.25) is 0 Å². The minimum Gasteiger partial charge on any atom is -0.465 e. The molecule has 12 nitrogen and oxygen atoms in total. The second-order valence-electron chi connectivity index (χ2n) is 13.7. The number of hydrogen-bond donors (Lipinski definition) is 4. The third kappa shape index (κ3) is 7.23. The number of rotatable bonds is 10. The van der Waals surface area contributed by atoms with E-state index in [0.29, 0.717) is 24.5 Å². The highest BCUT2D eigenvalue weighted by atomic mass is 16.4. The molecule has 8 rings (SSSR count). The Labute approximate surface area is 312 Å². The standard InChI is InChI=1S/C42H40N8O4/c51-37(24-32-10-4-5-21-43-32)49-22-6-11-35(49)39-44-25-33(46-39)29-17-13-27(14-18-29)28-15-19-30(20-16-28)34-26-45-40(47-34)36-12-7-23-50(36)41(52)38(48-42(53)54)31-8-2-1-3-9-31/h1-5,8-10,13-21,25-26,35-36,38,48H,6-7,11-12,22-24H2,(H,44,46)(H,45,47)(H,53,54)/t35-,36-,38+/m0/s1. The van der Waals surface area contributed by atoms with Crippen molar-refractivity contribution < 1.29 is 19.5 Å². The van der Waals surface area contributed by atoms with Crippen molar-refractivity contribution in [1.82, 2.24) is 40.0 Å². The Morgan fingerprint density at radius 3 is 1.78 bits per heavy atom. The molecule has 5 heterocycles. The predicted octanol–water partition coefficient (Wildman–Crippen LogP) is 7.11. The van der Waals surface area contributed by atoms with Crippen LogP contribution in [-0.4, -0.2) is 70.8 Å². The van der Waals surface area contributed by atoms with E-state index in [1.807, 2.05) is 47.5 Å². The SMILES string of the molecule is O=C(O)N[C@@H](C(=O)N1CCC[C@H]1c1ncc(-c2ccc(-c3ccc(-c4cnc([C@@H]5CCCN5C(=O)Cc5ccccn5)[nH]4)cc3)cc2)[nH]1)c1ccccc1. The molecule has 12 heteroatoms. The van der Waals surface area contributed by atoms with Gasteiger partial charge in [0.1, 0.15) is 17.7 Å². The van der Waals surface area contributed by atoms with Gasteiger partial charge in [-0.25, -0.2) is 14.8 Å². The normalized spacial score (nSPS) is 17.4. The Morgan fingerprint density at radius 2 is 1.22 bits per heavy atom. The molecule has 0 radical (unpaired) electrons. The van der Waals surface area contributed by atoms with Crippen molar-refractivity contribution in [1.29, 1.82) is 0 Å². The summed E-state index contributed by atoms with van der Waals surface area (Å²) in [5, 5.41) is 11.9. The summed E-state index contributed by atoms with van der Waals surface area (Å²) in [6, 6.07) is 29.7. The molecule has 54 heavy (non-hydrogen) atoms. The van der Waals surface area contributed by atoms with E-state index in [2.05, 4.69) is 66.6 Å². The number of carbonyl (C=O) groups is 3. The van der Waals surface area contributed by atoms with Gasteiger partial charge in [0.2, 0.25) is 5.91 Å². The number of H-pyrrole nitrogens is 2. The number of amides is 3. The summed E-state index contributed by atoms with van der Waals surface area (Å²) in [5.41, 5.74) is 7.21. The van der Waals surface area contributed by atoms with E-state index in [9.17, 15) is 19.5 Å².